The Morgan fingerprint density at radius 1 is 1.05 bits per heavy atom. The fourth-order valence-corrected chi connectivity index (χ4v) is 3.71. The van der Waals surface area contributed by atoms with E-state index in [-0.39, 0.29) is 0 Å². The molecule has 1 rings (SSSR count). The molecule has 1 aliphatic rings. The van der Waals surface area contributed by atoms with Gasteiger partial charge in [-0.1, -0.05) is 33.6 Å². The van der Waals surface area contributed by atoms with Crippen molar-refractivity contribution >= 4 is 11.8 Å². The molecule has 0 aliphatic carbocycles. The van der Waals surface area contributed by atoms with Gasteiger partial charge in [0, 0.05) is 31.2 Å². The Morgan fingerprint density at radius 3 is 2.35 bits per heavy atom. The van der Waals surface area contributed by atoms with Crippen LogP contribution >= 0.6 is 11.8 Å². The molecule has 1 atom stereocenters. The molecular weight excluding hydrogens is 266 g/mol. The average Bonchev–Trinajstić information content (AvgIpc) is 2.42. The van der Waals surface area contributed by atoms with Gasteiger partial charge >= 0.3 is 0 Å². The summed E-state index contributed by atoms with van der Waals surface area (Å²) in [4.78, 5) is 2.61. The van der Waals surface area contributed by atoms with E-state index in [1.54, 1.807) is 0 Å². The smallest absolute Gasteiger partial charge is 0.0459 e. The fraction of sp³-hybridized carbons (Fsp3) is 1.00. The second-order valence-corrected chi connectivity index (χ2v) is 8.68. The van der Waals surface area contributed by atoms with Gasteiger partial charge in [-0.25, -0.2) is 0 Å². The Bertz CT molecular complexity index is 234. The predicted molar refractivity (Wildman–Crippen MR) is 91.5 cm³/mol. The third-order valence-electron chi connectivity index (χ3n) is 4.25. The average molecular weight is 302 g/mol. The van der Waals surface area contributed by atoms with Crippen molar-refractivity contribution in [3.8, 4) is 0 Å². The van der Waals surface area contributed by atoms with E-state index in [4.69, 9.17) is 0 Å². The van der Waals surface area contributed by atoms with Crippen LogP contribution in [0.25, 0.3) is 0 Å². The highest BCUT2D eigenvalue weighted by Crippen LogP contribution is 2.25. The minimum atomic E-state index is 0.374. The quantitative estimate of drug-likeness (QED) is 0.650. The molecule has 0 bridgehead atoms. The number of aliphatic hydroxyl groups excluding tert-OH is 1. The van der Waals surface area contributed by atoms with Gasteiger partial charge in [-0.05, 0) is 43.6 Å². The first-order chi connectivity index (χ1) is 9.51. The summed E-state index contributed by atoms with van der Waals surface area (Å²) >= 11 is 2.09. The number of thioether (sulfide) groups is 1. The highest BCUT2D eigenvalue weighted by molar-refractivity contribution is 7.99. The monoisotopic (exact) mass is 301 g/mol. The van der Waals surface area contributed by atoms with Gasteiger partial charge in [-0.2, -0.15) is 11.8 Å². The van der Waals surface area contributed by atoms with Crippen LogP contribution in [0.2, 0.25) is 0 Å². The van der Waals surface area contributed by atoms with E-state index in [0.717, 1.165) is 0 Å². The van der Waals surface area contributed by atoms with E-state index in [1.807, 2.05) is 0 Å². The second kappa shape index (κ2) is 10.1. The lowest BCUT2D eigenvalue weighted by molar-refractivity contribution is 0.189. The number of nitrogens with zero attached hydrogens (tertiary/aromatic N) is 1. The molecule has 1 N–H and O–H groups in total. The van der Waals surface area contributed by atoms with E-state index < -0.39 is 0 Å². The second-order valence-electron chi connectivity index (χ2n) is 7.45. The molecule has 0 radical (unpaired) electrons. The predicted octanol–water partition coefficient (Wildman–Crippen LogP) is 4.03. The number of unbranched alkanes of at least 4 members (excludes halogenated alkanes) is 2. The lowest BCUT2D eigenvalue weighted by Gasteiger charge is -2.26. The molecule has 1 fully saturated rings. The van der Waals surface area contributed by atoms with Crippen LogP contribution in [0.3, 0.4) is 0 Å². The summed E-state index contributed by atoms with van der Waals surface area (Å²) < 4.78 is 0. The molecule has 2 nitrogen and oxygen atoms in total. The van der Waals surface area contributed by atoms with Gasteiger partial charge in [-0.15, -0.1) is 0 Å². The molecule has 0 aromatic carbocycles. The van der Waals surface area contributed by atoms with E-state index in [9.17, 15) is 5.11 Å². The third-order valence-corrected chi connectivity index (χ3v) is 5.19. The normalized spacial score (nSPS) is 19.2. The zero-order chi connectivity index (χ0) is 14.8. The zero-order valence-electron chi connectivity index (χ0n) is 13.9. The standard InChI is InChI=1S/C17H35NOS/c1-17(2,3)9-8-16(15-19)7-5-4-6-10-18-11-13-20-14-12-18/h16,19H,4-15H2,1-3H3/t16-/m1/s1. The molecule has 1 aliphatic heterocycles. The molecule has 0 aromatic heterocycles. The Balaban J connectivity index is 2.00. The molecule has 0 spiro atoms. The maximum absolute atomic E-state index is 9.47. The van der Waals surface area contributed by atoms with Crippen LogP contribution in [0.5, 0.6) is 0 Å². The van der Waals surface area contributed by atoms with Crippen LogP contribution in [-0.4, -0.2) is 47.8 Å². The van der Waals surface area contributed by atoms with Gasteiger partial charge in [0.2, 0.25) is 0 Å². The van der Waals surface area contributed by atoms with E-state index >= 15 is 0 Å². The third kappa shape index (κ3) is 9.25. The Hall–Kier alpha value is 0.270. The fourth-order valence-electron chi connectivity index (χ4n) is 2.73. The SMILES string of the molecule is CC(C)(C)CC[C@H](CO)CCCCCN1CCSCC1. The van der Waals surface area contributed by atoms with Crippen molar-refractivity contribution < 1.29 is 5.11 Å². The van der Waals surface area contributed by atoms with Crippen LogP contribution in [0.4, 0.5) is 0 Å². The Labute approximate surface area is 130 Å². The summed E-state index contributed by atoms with van der Waals surface area (Å²) in [6.45, 7) is 11.1. The maximum Gasteiger partial charge on any atom is 0.0459 e. The van der Waals surface area contributed by atoms with Crippen molar-refractivity contribution in [3.63, 3.8) is 0 Å². The molecule has 1 saturated heterocycles. The Kier molecular flexibility index (Phi) is 9.23. The zero-order valence-corrected chi connectivity index (χ0v) is 14.7. The van der Waals surface area contributed by atoms with Crippen LogP contribution in [-0.2, 0) is 0 Å². The molecule has 0 aromatic rings. The first kappa shape index (κ1) is 18.3. The van der Waals surface area contributed by atoms with Gasteiger partial charge in [0.25, 0.3) is 0 Å². The van der Waals surface area contributed by atoms with Crippen molar-refractivity contribution in [3.05, 3.63) is 0 Å². The van der Waals surface area contributed by atoms with Crippen LogP contribution < -0.4 is 0 Å². The number of aliphatic hydroxyl groups is 1. The van der Waals surface area contributed by atoms with Crippen LogP contribution in [0.15, 0.2) is 0 Å². The van der Waals surface area contributed by atoms with E-state index in [1.165, 1.54) is 69.7 Å². The number of hydrogen-bond donors (Lipinski definition) is 1. The first-order valence-electron chi connectivity index (χ1n) is 8.42. The molecule has 0 saturated carbocycles. The van der Waals surface area contributed by atoms with Crippen molar-refractivity contribution in [2.45, 2.75) is 59.3 Å². The highest BCUT2D eigenvalue weighted by atomic mass is 32.2. The van der Waals surface area contributed by atoms with Gasteiger partial charge in [0.15, 0.2) is 0 Å². The maximum atomic E-state index is 9.47. The van der Waals surface area contributed by atoms with Crippen molar-refractivity contribution in [1.29, 1.82) is 0 Å². The minimum Gasteiger partial charge on any atom is -0.396 e. The van der Waals surface area contributed by atoms with Crippen molar-refractivity contribution in [1.82, 2.24) is 4.90 Å². The minimum absolute atomic E-state index is 0.374. The molecular formula is C17H35NOS. The summed E-state index contributed by atoms with van der Waals surface area (Å²) in [6.07, 6.45) is 7.57. The topological polar surface area (TPSA) is 23.5 Å². The summed E-state index contributed by atoms with van der Waals surface area (Å²) in [5, 5.41) is 9.47. The molecule has 20 heavy (non-hydrogen) atoms. The first-order valence-corrected chi connectivity index (χ1v) is 9.58. The lowest BCUT2D eigenvalue weighted by atomic mass is 9.85. The summed E-state index contributed by atoms with van der Waals surface area (Å²) in [6, 6.07) is 0. The van der Waals surface area contributed by atoms with Gasteiger partial charge < -0.3 is 10.0 Å². The van der Waals surface area contributed by atoms with Gasteiger partial charge in [-0.3, -0.25) is 0 Å². The number of rotatable bonds is 9. The summed E-state index contributed by atoms with van der Waals surface area (Å²) in [5.74, 6) is 3.17. The number of hydrogen-bond acceptors (Lipinski definition) is 3. The molecule has 1 heterocycles. The molecule has 120 valence electrons. The van der Waals surface area contributed by atoms with E-state index in [0.29, 0.717) is 17.9 Å². The van der Waals surface area contributed by atoms with Crippen molar-refractivity contribution in [2.75, 3.05) is 37.7 Å². The van der Waals surface area contributed by atoms with Crippen molar-refractivity contribution in [2.24, 2.45) is 11.3 Å². The Morgan fingerprint density at radius 2 is 1.75 bits per heavy atom. The largest absolute Gasteiger partial charge is 0.396 e. The molecule has 3 heteroatoms. The summed E-state index contributed by atoms with van der Waals surface area (Å²) in [7, 11) is 0. The highest BCUT2D eigenvalue weighted by Gasteiger charge is 2.15. The molecule has 0 unspecified atom stereocenters. The van der Waals surface area contributed by atoms with Gasteiger partial charge in [0.1, 0.15) is 0 Å². The van der Waals surface area contributed by atoms with Crippen LogP contribution in [0.1, 0.15) is 59.3 Å². The van der Waals surface area contributed by atoms with Crippen LogP contribution in [0, 0.1) is 11.3 Å². The van der Waals surface area contributed by atoms with E-state index in [2.05, 4.69) is 37.4 Å². The lowest BCUT2D eigenvalue weighted by Crippen LogP contribution is -2.33. The summed E-state index contributed by atoms with van der Waals surface area (Å²) in [5.41, 5.74) is 0.402. The molecule has 0 amide bonds. The van der Waals surface area contributed by atoms with Gasteiger partial charge in [0.05, 0.1) is 0 Å².